The second-order valence-corrected chi connectivity index (χ2v) is 7.46. The summed E-state index contributed by atoms with van der Waals surface area (Å²) in [5.41, 5.74) is -3.08. The maximum Gasteiger partial charge on any atom is 0.322 e. The van der Waals surface area contributed by atoms with Crippen LogP contribution in [0.2, 0.25) is 5.02 Å². The number of halogens is 4. The summed E-state index contributed by atoms with van der Waals surface area (Å²) in [7, 11) is 0. The van der Waals surface area contributed by atoms with Crippen LogP contribution in [0.25, 0.3) is 0 Å². The highest BCUT2D eigenvalue weighted by Gasteiger charge is 2.58. The van der Waals surface area contributed by atoms with Crippen molar-refractivity contribution < 1.29 is 23.0 Å². The van der Waals surface area contributed by atoms with Gasteiger partial charge < -0.3 is 9.84 Å². The maximum absolute atomic E-state index is 15.3. The molecule has 158 valence electrons. The van der Waals surface area contributed by atoms with Gasteiger partial charge in [0.2, 0.25) is 0 Å². The summed E-state index contributed by atoms with van der Waals surface area (Å²) in [6.45, 7) is 2.82. The number of hydrogen-bond donors (Lipinski definition) is 1. The standard InChI is InChI=1S/C21H19ClF3N3O2/c1-13(2)20(29,15-8-26-12-27-9-15)21(24,25)19-6-5-17(10-28-19)30-11-14-3-4-16(22)7-18(14)23/h3-10,12-13,29H,11H2,1-2H3. The van der Waals surface area contributed by atoms with Crippen molar-refractivity contribution in [1.82, 2.24) is 15.0 Å². The lowest BCUT2D eigenvalue weighted by Crippen LogP contribution is -2.48. The molecule has 0 aliphatic rings. The minimum Gasteiger partial charge on any atom is -0.487 e. The third-order valence-electron chi connectivity index (χ3n) is 4.78. The number of aromatic nitrogens is 3. The van der Waals surface area contributed by atoms with E-state index < -0.39 is 29.0 Å². The average Bonchev–Trinajstić information content (AvgIpc) is 2.73. The number of nitrogens with zero attached hydrogens (tertiary/aromatic N) is 3. The highest BCUT2D eigenvalue weighted by molar-refractivity contribution is 6.30. The van der Waals surface area contributed by atoms with Gasteiger partial charge in [0.1, 0.15) is 30.2 Å². The van der Waals surface area contributed by atoms with Gasteiger partial charge in [-0.2, -0.15) is 8.78 Å². The number of alkyl halides is 2. The summed E-state index contributed by atoms with van der Waals surface area (Å²) in [5.74, 6) is -4.98. The Morgan fingerprint density at radius 3 is 2.37 bits per heavy atom. The van der Waals surface area contributed by atoms with Crippen LogP contribution in [0.15, 0.2) is 55.2 Å². The molecular weight excluding hydrogens is 419 g/mol. The summed E-state index contributed by atoms with van der Waals surface area (Å²) >= 11 is 5.71. The van der Waals surface area contributed by atoms with Gasteiger partial charge in [-0.05, 0) is 30.2 Å². The largest absolute Gasteiger partial charge is 0.487 e. The molecule has 0 saturated heterocycles. The zero-order valence-electron chi connectivity index (χ0n) is 16.2. The van der Waals surface area contributed by atoms with Crippen molar-refractivity contribution in [2.75, 3.05) is 0 Å². The Morgan fingerprint density at radius 2 is 1.80 bits per heavy atom. The number of ether oxygens (including phenoxy) is 1. The van der Waals surface area contributed by atoms with Crippen LogP contribution in [-0.2, 0) is 18.1 Å². The van der Waals surface area contributed by atoms with Crippen molar-refractivity contribution in [3.05, 3.63) is 82.9 Å². The monoisotopic (exact) mass is 437 g/mol. The normalized spacial score (nSPS) is 13.9. The van der Waals surface area contributed by atoms with Gasteiger partial charge in [-0.1, -0.05) is 31.5 Å². The van der Waals surface area contributed by atoms with Crippen LogP contribution in [0, 0.1) is 11.7 Å². The van der Waals surface area contributed by atoms with Gasteiger partial charge in [0.25, 0.3) is 0 Å². The Kier molecular flexibility index (Phi) is 6.28. The third kappa shape index (κ3) is 4.11. The summed E-state index contributed by atoms with van der Waals surface area (Å²) in [6.07, 6.45) is 4.59. The van der Waals surface area contributed by atoms with Crippen molar-refractivity contribution >= 4 is 11.6 Å². The first-order valence-corrected chi connectivity index (χ1v) is 9.43. The topological polar surface area (TPSA) is 68.1 Å². The molecule has 9 heteroatoms. The molecule has 2 aromatic heterocycles. The van der Waals surface area contributed by atoms with Crippen LogP contribution in [0.4, 0.5) is 13.2 Å². The number of benzene rings is 1. The van der Waals surface area contributed by atoms with Crippen LogP contribution in [0.5, 0.6) is 5.75 Å². The zero-order chi connectivity index (χ0) is 21.9. The Hall–Kier alpha value is -2.71. The number of rotatable bonds is 7. The van der Waals surface area contributed by atoms with Gasteiger partial charge in [-0.25, -0.2) is 14.4 Å². The molecule has 1 atom stereocenters. The number of aliphatic hydroxyl groups is 1. The van der Waals surface area contributed by atoms with Gasteiger partial charge in [0, 0.05) is 28.5 Å². The first-order valence-electron chi connectivity index (χ1n) is 9.05. The second-order valence-electron chi connectivity index (χ2n) is 7.03. The van der Waals surface area contributed by atoms with E-state index in [0.29, 0.717) is 0 Å². The Labute approximate surface area is 176 Å². The van der Waals surface area contributed by atoms with Crippen LogP contribution in [-0.4, -0.2) is 20.1 Å². The molecule has 0 fully saturated rings. The molecule has 5 nitrogen and oxygen atoms in total. The second kappa shape index (κ2) is 8.57. The Morgan fingerprint density at radius 1 is 1.10 bits per heavy atom. The Balaban J connectivity index is 1.83. The fourth-order valence-electron chi connectivity index (χ4n) is 3.02. The maximum atomic E-state index is 15.3. The van der Waals surface area contributed by atoms with Gasteiger partial charge >= 0.3 is 5.92 Å². The van der Waals surface area contributed by atoms with Crippen LogP contribution < -0.4 is 4.74 Å². The summed E-state index contributed by atoms with van der Waals surface area (Å²) in [6, 6.07) is 6.49. The summed E-state index contributed by atoms with van der Waals surface area (Å²) in [4.78, 5) is 11.3. The predicted molar refractivity (Wildman–Crippen MR) is 105 cm³/mol. The highest BCUT2D eigenvalue weighted by atomic mass is 35.5. The lowest BCUT2D eigenvalue weighted by Gasteiger charge is -2.38. The van der Waals surface area contributed by atoms with Crippen LogP contribution >= 0.6 is 11.6 Å². The molecule has 0 radical (unpaired) electrons. The molecule has 1 N–H and O–H groups in total. The molecular formula is C21H19ClF3N3O2. The predicted octanol–water partition coefficient (Wildman–Crippen LogP) is 4.88. The van der Waals surface area contributed by atoms with Crippen molar-refractivity contribution in [3.8, 4) is 5.75 Å². The molecule has 0 spiro atoms. The van der Waals surface area contributed by atoms with E-state index >= 15 is 8.78 Å². The van der Waals surface area contributed by atoms with Crippen molar-refractivity contribution in [3.63, 3.8) is 0 Å². The first-order chi connectivity index (χ1) is 14.2. The van der Waals surface area contributed by atoms with Gasteiger partial charge in [0.15, 0.2) is 5.60 Å². The van der Waals surface area contributed by atoms with Crippen LogP contribution in [0.3, 0.4) is 0 Å². The van der Waals surface area contributed by atoms with Crippen molar-refractivity contribution in [1.29, 1.82) is 0 Å². The van der Waals surface area contributed by atoms with E-state index in [-0.39, 0.29) is 28.5 Å². The first kappa shape index (κ1) is 22.0. The minimum absolute atomic E-state index is 0.120. The zero-order valence-corrected chi connectivity index (χ0v) is 16.9. The molecule has 1 aromatic carbocycles. The van der Waals surface area contributed by atoms with E-state index in [4.69, 9.17) is 16.3 Å². The van der Waals surface area contributed by atoms with E-state index in [1.807, 2.05) is 0 Å². The molecule has 30 heavy (non-hydrogen) atoms. The number of pyridine rings is 1. The molecule has 0 bridgehead atoms. The SMILES string of the molecule is CC(C)C(O)(c1cncnc1)C(F)(F)c1ccc(OCc2ccc(Cl)cc2F)cn1. The number of hydrogen-bond acceptors (Lipinski definition) is 5. The molecule has 1 unspecified atom stereocenters. The summed E-state index contributed by atoms with van der Waals surface area (Å²) in [5, 5.41) is 11.2. The van der Waals surface area contributed by atoms with Crippen LogP contribution in [0.1, 0.15) is 30.7 Å². The quantitative estimate of drug-likeness (QED) is 0.570. The molecule has 0 aliphatic carbocycles. The molecule has 3 rings (SSSR count). The van der Waals surface area contributed by atoms with E-state index in [1.54, 1.807) is 0 Å². The fourth-order valence-corrected chi connectivity index (χ4v) is 3.18. The highest BCUT2D eigenvalue weighted by Crippen LogP contribution is 2.48. The van der Waals surface area contributed by atoms with Gasteiger partial charge in [-0.15, -0.1) is 0 Å². The molecule has 2 heterocycles. The smallest absolute Gasteiger partial charge is 0.322 e. The van der Waals surface area contributed by atoms with E-state index in [1.165, 1.54) is 38.4 Å². The third-order valence-corrected chi connectivity index (χ3v) is 5.02. The van der Waals surface area contributed by atoms with E-state index in [9.17, 15) is 9.50 Å². The van der Waals surface area contributed by atoms with E-state index in [0.717, 1.165) is 30.7 Å². The molecule has 0 amide bonds. The average molecular weight is 438 g/mol. The van der Waals surface area contributed by atoms with Gasteiger partial charge in [0.05, 0.1) is 6.20 Å². The lowest BCUT2D eigenvalue weighted by molar-refractivity contribution is -0.220. The fraction of sp³-hybridized carbons (Fsp3) is 0.286. The lowest BCUT2D eigenvalue weighted by atomic mass is 9.78. The molecule has 0 saturated carbocycles. The Bertz CT molecular complexity index is 1000. The molecule has 0 aliphatic heterocycles. The summed E-state index contributed by atoms with van der Waals surface area (Å²) < 4.78 is 49.9. The van der Waals surface area contributed by atoms with E-state index in [2.05, 4.69) is 15.0 Å². The van der Waals surface area contributed by atoms with Crippen molar-refractivity contribution in [2.24, 2.45) is 5.92 Å². The minimum atomic E-state index is -3.74. The molecule has 3 aromatic rings. The van der Waals surface area contributed by atoms with Gasteiger partial charge in [-0.3, -0.25) is 4.98 Å². The van der Waals surface area contributed by atoms with Crippen molar-refractivity contribution in [2.45, 2.75) is 32.0 Å².